The van der Waals surface area contributed by atoms with E-state index >= 15 is 0 Å². The van der Waals surface area contributed by atoms with E-state index in [1.807, 2.05) is 0 Å². The summed E-state index contributed by atoms with van der Waals surface area (Å²) in [5.74, 6) is 1.67. The van der Waals surface area contributed by atoms with Crippen molar-refractivity contribution in [2.24, 2.45) is 17.3 Å². The Morgan fingerprint density at radius 2 is 1.94 bits per heavy atom. The summed E-state index contributed by atoms with van der Waals surface area (Å²) in [4.78, 5) is 14.6. The minimum Gasteiger partial charge on any atom is -0.303 e. The summed E-state index contributed by atoms with van der Waals surface area (Å²) in [5, 5.41) is 0. The highest BCUT2D eigenvalue weighted by Crippen LogP contribution is 2.33. The van der Waals surface area contributed by atoms with E-state index in [2.05, 4.69) is 25.7 Å². The van der Waals surface area contributed by atoms with Crippen LogP contribution in [0.4, 0.5) is 0 Å². The number of hydrogen-bond donors (Lipinski definition) is 0. The molecule has 0 radical (unpaired) electrons. The van der Waals surface area contributed by atoms with Gasteiger partial charge in [0.25, 0.3) is 0 Å². The molecule has 1 saturated carbocycles. The van der Waals surface area contributed by atoms with E-state index in [9.17, 15) is 4.79 Å². The van der Waals surface area contributed by atoms with Crippen molar-refractivity contribution in [3.8, 4) is 0 Å². The molecule has 0 N–H and O–H groups in total. The molecule has 2 heteroatoms. The Morgan fingerprint density at radius 1 is 1.28 bits per heavy atom. The maximum absolute atomic E-state index is 12.0. The number of nitrogens with zero attached hydrogens (tertiary/aromatic N) is 1. The number of rotatable bonds is 3. The highest BCUT2D eigenvalue weighted by molar-refractivity contribution is 5.81. The van der Waals surface area contributed by atoms with Crippen LogP contribution in [-0.2, 0) is 4.79 Å². The zero-order chi connectivity index (χ0) is 13.2. The van der Waals surface area contributed by atoms with Crippen LogP contribution < -0.4 is 0 Å². The van der Waals surface area contributed by atoms with Crippen molar-refractivity contribution in [2.45, 2.75) is 59.3 Å². The van der Waals surface area contributed by atoms with Crippen LogP contribution in [0.15, 0.2) is 0 Å². The summed E-state index contributed by atoms with van der Waals surface area (Å²) >= 11 is 0. The predicted octanol–water partition coefficient (Wildman–Crippen LogP) is 3.50. The summed E-state index contributed by atoms with van der Waals surface area (Å²) < 4.78 is 0. The lowest BCUT2D eigenvalue weighted by Gasteiger charge is -2.39. The van der Waals surface area contributed by atoms with Gasteiger partial charge in [-0.2, -0.15) is 0 Å². The zero-order valence-corrected chi connectivity index (χ0v) is 12.4. The number of ketones is 1. The van der Waals surface area contributed by atoms with Gasteiger partial charge in [0.1, 0.15) is 5.78 Å². The Hall–Kier alpha value is -0.370. The first kappa shape index (κ1) is 14.0. The number of Topliss-reactive ketones (excluding diaryl/α,β-unsaturated/α-hetero) is 1. The first-order valence-electron chi connectivity index (χ1n) is 7.75. The third-order valence-corrected chi connectivity index (χ3v) is 5.14. The molecule has 2 atom stereocenters. The van der Waals surface area contributed by atoms with Gasteiger partial charge in [-0.3, -0.25) is 4.79 Å². The lowest BCUT2D eigenvalue weighted by atomic mass is 9.78. The monoisotopic (exact) mass is 251 g/mol. The van der Waals surface area contributed by atoms with Crippen LogP contribution in [0, 0.1) is 17.3 Å². The lowest BCUT2D eigenvalue weighted by Crippen LogP contribution is -2.42. The molecule has 1 aliphatic carbocycles. The van der Waals surface area contributed by atoms with Crippen LogP contribution in [0.5, 0.6) is 0 Å². The summed E-state index contributed by atoms with van der Waals surface area (Å²) in [5.41, 5.74) is 0.513. The zero-order valence-electron chi connectivity index (χ0n) is 12.4. The highest BCUT2D eigenvalue weighted by atomic mass is 16.1. The summed E-state index contributed by atoms with van der Waals surface area (Å²) in [6.07, 6.45) is 6.93. The molecule has 2 rings (SSSR count). The molecule has 2 aliphatic rings. The van der Waals surface area contributed by atoms with Crippen molar-refractivity contribution >= 4 is 5.78 Å². The fourth-order valence-electron chi connectivity index (χ4n) is 3.40. The van der Waals surface area contributed by atoms with E-state index in [4.69, 9.17) is 0 Å². The van der Waals surface area contributed by atoms with E-state index in [1.54, 1.807) is 0 Å². The maximum Gasteiger partial charge on any atom is 0.137 e. The molecule has 0 amide bonds. The van der Waals surface area contributed by atoms with Gasteiger partial charge < -0.3 is 4.90 Å². The van der Waals surface area contributed by atoms with Gasteiger partial charge in [-0.15, -0.1) is 0 Å². The maximum atomic E-state index is 12.0. The molecular formula is C16H29NO. The van der Waals surface area contributed by atoms with Crippen molar-refractivity contribution < 1.29 is 4.79 Å². The Labute approximate surface area is 112 Å². The fourth-order valence-corrected chi connectivity index (χ4v) is 3.40. The second kappa shape index (κ2) is 5.73. The molecule has 0 aromatic heterocycles. The topological polar surface area (TPSA) is 20.3 Å². The fraction of sp³-hybridized carbons (Fsp3) is 0.938. The Bertz CT molecular complexity index is 287. The summed E-state index contributed by atoms with van der Waals surface area (Å²) in [6, 6.07) is 0. The number of hydrogen-bond acceptors (Lipinski definition) is 2. The molecule has 0 bridgehead atoms. The third-order valence-electron chi connectivity index (χ3n) is 5.14. The third kappa shape index (κ3) is 3.57. The molecule has 1 heterocycles. The van der Waals surface area contributed by atoms with Crippen molar-refractivity contribution in [3.05, 3.63) is 0 Å². The van der Waals surface area contributed by atoms with Crippen LogP contribution in [0.1, 0.15) is 59.3 Å². The number of piperidine rings is 1. The van der Waals surface area contributed by atoms with Crippen molar-refractivity contribution in [1.29, 1.82) is 0 Å². The van der Waals surface area contributed by atoms with Gasteiger partial charge in [-0.1, -0.05) is 27.2 Å². The number of carbonyl (C=O) groups is 1. The van der Waals surface area contributed by atoms with Crippen LogP contribution >= 0.6 is 0 Å². The predicted molar refractivity (Wildman–Crippen MR) is 75.6 cm³/mol. The number of likely N-dealkylation sites (tertiary alicyclic amines) is 1. The van der Waals surface area contributed by atoms with Crippen LogP contribution in [-0.4, -0.2) is 30.3 Å². The van der Waals surface area contributed by atoms with Crippen molar-refractivity contribution in [2.75, 3.05) is 19.6 Å². The smallest absolute Gasteiger partial charge is 0.137 e. The SMILES string of the molecule is CCC1CCC(=O)C(CN2CCC(C)(C)CC2)C1. The minimum atomic E-state index is 0.338. The molecule has 18 heavy (non-hydrogen) atoms. The highest BCUT2D eigenvalue weighted by Gasteiger charge is 2.31. The molecule has 2 fully saturated rings. The molecular weight excluding hydrogens is 222 g/mol. The van der Waals surface area contributed by atoms with Crippen molar-refractivity contribution in [1.82, 2.24) is 4.90 Å². The summed E-state index contributed by atoms with van der Waals surface area (Å²) in [7, 11) is 0. The Balaban J connectivity index is 1.83. The first-order valence-corrected chi connectivity index (χ1v) is 7.75. The first-order chi connectivity index (χ1) is 8.50. The molecule has 0 aromatic carbocycles. The van der Waals surface area contributed by atoms with Gasteiger partial charge in [-0.25, -0.2) is 0 Å². The Kier molecular flexibility index (Phi) is 4.47. The molecule has 0 spiro atoms. The van der Waals surface area contributed by atoms with Gasteiger partial charge in [-0.05, 0) is 50.1 Å². The molecule has 1 aliphatic heterocycles. The quantitative estimate of drug-likeness (QED) is 0.765. The molecule has 104 valence electrons. The van der Waals surface area contributed by atoms with E-state index < -0.39 is 0 Å². The van der Waals surface area contributed by atoms with E-state index in [0.29, 0.717) is 17.1 Å². The summed E-state index contributed by atoms with van der Waals surface area (Å²) in [6.45, 7) is 10.4. The molecule has 0 aromatic rings. The largest absolute Gasteiger partial charge is 0.303 e. The Morgan fingerprint density at radius 3 is 2.56 bits per heavy atom. The second-order valence-corrected chi connectivity index (χ2v) is 7.18. The van der Waals surface area contributed by atoms with Gasteiger partial charge in [0.15, 0.2) is 0 Å². The van der Waals surface area contributed by atoms with E-state index in [0.717, 1.165) is 31.7 Å². The standard InChI is InChI=1S/C16H29NO/c1-4-13-5-6-15(18)14(11-13)12-17-9-7-16(2,3)8-10-17/h13-14H,4-12H2,1-3H3. The van der Waals surface area contributed by atoms with Crippen LogP contribution in [0.2, 0.25) is 0 Å². The average molecular weight is 251 g/mol. The number of carbonyl (C=O) groups excluding carboxylic acids is 1. The average Bonchev–Trinajstić information content (AvgIpc) is 2.34. The lowest BCUT2D eigenvalue weighted by molar-refractivity contribution is -0.126. The van der Waals surface area contributed by atoms with Gasteiger partial charge in [0.05, 0.1) is 0 Å². The van der Waals surface area contributed by atoms with Gasteiger partial charge in [0.2, 0.25) is 0 Å². The van der Waals surface area contributed by atoms with E-state index in [1.165, 1.54) is 32.4 Å². The molecule has 2 nitrogen and oxygen atoms in total. The minimum absolute atomic E-state index is 0.338. The van der Waals surface area contributed by atoms with Gasteiger partial charge in [0, 0.05) is 18.9 Å². The van der Waals surface area contributed by atoms with Crippen molar-refractivity contribution in [3.63, 3.8) is 0 Å². The second-order valence-electron chi connectivity index (χ2n) is 7.18. The van der Waals surface area contributed by atoms with E-state index in [-0.39, 0.29) is 0 Å². The normalized spacial score (nSPS) is 33.6. The van der Waals surface area contributed by atoms with Gasteiger partial charge >= 0.3 is 0 Å². The molecule has 1 saturated heterocycles. The molecule has 2 unspecified atom stereocenters. The van der Waals surface area contributed by atoms with Crippen LogP contribution in [0.25, 0.3) is 0 Å². The van der Waals surface area contributed by atoms with Crippen LogP contribution in [0.3, 0.4) is 0 Å².